The summed E-state index contributed by atoms with van der Waals surface area (Å²) >= 11 is 0. The molecule has 2 saturated heterocycles. The number of piperazine rings is 1. The summed E-state index contributed by atoms with van der Waals surface area (Å²) in [6, 6.07) is 6.04. The highest BCUT2D eigenvalue weighted by atomic mass is 16.3. The van der Waals surface area contributed by atoms with Crippen LogP contribution in [-0.4, -0.2) is 70.3 Å². The van der Waals surface area contributed by atoms with Gasteiger partial charge in [0, 0.05) is 58.2 Å². The molecular formula is C19H26N6O. The van der Waals surface area contributed by atoms with Gasteiger partial charge in [0.15, 0.2) is 0 Å². The highest BCUT2D eigenvalue weighted by molar-refractivity contribution is 5.45. The molecule has 0 bridgehead atoms. The van der Waals surface area contributed by atoms with E-state index >= 15 is 0 Å². The Morgan fingerprint density at radius 2 is 1.88 bits per heavy atom. The van der Waals surface area contributed by atoms with Crippen molar-refractivity contribution in [1.82, 2.24) is 19.9 Å². The Labute approximate surface area is 154 Å². The highest BCUT2D eigenvalue weighted by Gasteiger charge is 2.24. The van der Waals surface area contributed by atoms with Crippen LogP contribution in [0.2, 0.25) is 0 Å². The van der Waals surface area contributed by atoms with Crippen LogP contribution >= 0.6 is 0 Å². The third kappa shape index (κ3) is 3.78. The molecule has 26 heavy (non-hydrogen) atoms. The summed E-state index contributed by atoms with van der Waals surface area (Å²) in [6.45, 7) is 8.32. The molecule has 2 aliphatic rings. The maximum absolute atomic E-state index is 9.74. The number of aryl methyl sites for hydroxylation is 1. The second-order valence-corrected chi connectivity index (χ2v) is 7.13. The SMILES string of the molecule is Cc1cccnc1CN1CCN(c2nccc(N3CCC(O)C3)n2)CC1. The number of aliphatic hydroxyl groups is 1. The van der Waals surface area contributed by atoms with Crippen molar-refractivity contribution in [1.29, 1.82) is 0 Å². The summed E-state index contributed by atoms with van der Waals surface area (Å²) in [5, 5.41) is 9.74. The molecule has 4 heterocycles. The van der Waals surface area contributed by atoms with E-state index in [2.05, 4.69) is 37.7 Å². The van der Waals surface area contributed by atoms with Gasteiger partial charge in [-0.15, -0.1) is 0 Å². The van der Waals surface area contributed by atoms with Crippen molar-refractivity contribution in [3.8, 4) is 0 Å². The van der Waals surface area contributed by atoms with Gasteiger partial charge in [0.2, 0.25) is 5.95 Å². The summed E-state index contributed by atoms with van der Waals surface area (Å²) in [4.78, 5) is 20.5. The summed E-state index contributed by atoms with van der Waals surface area (Å²) in [7, 11) is 0. The molecule has 2 aromatic rings. The van der Waals surface area contributed by atoms with Crippen LogP contribution in [0.3, 0.4) is 0 Å². The van der Waals surface area contributed by atoms with E-state index in [1.807, 2.05) is 24.5 Å². The second kappa shape index (κ2) is 7.55. The first kappa shape index (κ1) is 17.2. The van der Waals surface area contributed by atoms with Gasteiger partial charge in [0.05, 0.1) is 11.8 Å². The number of hydrogen-bond donors (Lipinski definition) is 1. The average Bonchev–Trinajstić information content (AvgIpc) is 3.11. The van der Waals surface area contributed by atoms with Crippen LogP contribution in [0.5, 0.6) is 0 Å². The Morgan fingerprint density at radius 3 is 2.62 bits per heavy atom. The van der Waals surface area contributed by atoms with Crippen LogP contribution < -0.4 is 9.80 Å². The molecule has 0 aliphatic carbocycles. The van der Waals surface area contributed by atoms with E-state index in [1.54, 1.807) is 0 Å². The molecule has 7 nitrogen and oxygen atoms in total. The molecule has 0 spiro atoms. The van der Waals surface area contributed by atoms with Crippen molar-refractivity contribution in [2.45, 2.75) is 26.0 Å². The van der Waals surface area contributed by atoms with E-state index in [0.717, 1.165) is 63.1 Å². The van der Waals surface area contributed by atoms with Crippen LogP contribution in [0.4, 0.5) is 11.8 Å². The Bertz CT molecular complexity index is 746. The largest absolute Gasteiger partial charge is 0.391 e. The number of aliphatic hydroxyl groups excluding tert-OH is 1. The number of rotatable bonds is 4. The van der Waals surface area contributed by atoms with Gasteiger partial charge in [-0.25, -0.2) is 4.98 Å². The topological polar surface area (TPSA) is 68.6 Å². The number of anilines is 2. The molecule has 138 valence electrons. The lowest BCUT2D eigenvalue weighted by Crippen LogP contribution is -2.46. The van der Waals surface area contributed by atoms with Gasteiger partial charge in [0.1, 0.15) is 5.82 Å². The predicted molar refractivity (Wildman–Crippen MR) is 101 cm³/mol. The van der Waals surface area contributed by atoms with Crippen LogP contribution in [0.1, 0.15) is 17.7 Å². The van der Waals surface area contributed by atoms with E-state index in [9.17, 15) is 5.11 Å². The summed E-state index contributed by atoms with van der Waals surface area (Å²) in [6.07, 6.45) is 4.26. The number of hydrogen-bond acceptors (Lipinski definition) is 7. The fourth-order valence-electron chi connectivity index (χ4n) is 3.62. The lowest BCUT2D eigenvalue weighted by Gasteiger charge is -2.35. The Morgan fingerprint density at radius 1 is 1.04 bits per heavy atom. The van der Waals surface area contributed by atoms with Crippen LogP contribution in [-0.2, 0) is 6.54 Å². The van der Waals surface area contributed by atoms with E-state index in [4.69, 9.17) is 4.98 Å². The standard InChI is InChI=1S/C19H26N6O/c1-15-3-2-6-20-17(15)14-23-9-11-24(12-10-23)19-21-7-4-18(22-19)25-8-5-16(26)13-25/h2-4,6-7,16,26H,5,8-14H2,1H3. The third-order valence-electron chi connectivity index (χ3n) is 5.26. The first-order chi connectivity index (χ1) is 12.7. The first-order valence-corrected chi connectivity index (χ1v) is 9.33. The Hall–Kier alpha value is -2.25. The van der Waals surface area contributed by atoms with Gasteiger partial charge >= 0.3 is 0 Å². The number of aromatic nitrogens is 3. The van der Waals surface area contributed by atoms with Crippen molar-refractivity contribution in [3.05, 3.63) is 41.9 Å². The van der Waals surface area contributed by atoms with Gasteiger partial charge in [-0.05, 0) is 31.0 Å². The zero-order valence-electron chi connectivity index (χ0n) is 15.3. The maximum atomic E-state index is 9.74. The molecule has 0 amide bonds. The Balaban J connectivity index is 1.37. The summed E-state index contributed by atoms with van der Waals surface area (Å²) in [5.74, 6) is 1.70. The Kier molecular flexibility index (Phi) is 4.99. The van der Waals surface area contributed by atoms with Crippen molar-refractivity contribution in [3.63, 3.8) is 0 Å². The fourth-order valence-corrected chi connectivity index (χ4v) is 3.62. The van der Waals surface area contributed by atoms with Crippen LogP contribution in [0, 0.1) is 6.92 Å². The number of nitrogens with zero attached hydrogens (tertiary/aromatic N) is 6. The average molecular weight is 354 g/mol. The van der Waals surface area contributed by atoms with Gasteiger partial charge in [0.25, 0.3) is 0 Å². The monoisotopic (exact) mass is 354 g/mol. The van der Waals surface area contributed by atoms with Gasteiger partial charge in [-0.1, -0.05) is 6.07 Å². The second-order valence-electron chi connectivity index (χ2n) is 7.13. The lowest BCUT2D eigenvalue weighted by molar-refractivity contribution is 0.198. The fraction of sp³-hybridized carbons (Fsp3) is 0.526. The smallest absolute Gasteiger partial charge is 0.227 e. The maximum Gasteiger partial charge on any atom is 0.227 e. The number of β-amino-alcohol motifs (C(OH)–C–C–N with tert-alkyl or cyclic N) is 1. The predicted octanol–water partition coefficient (Wildman–Crippen LogP) is 1.07. The van der Waals surface area contributed by atoms with E-state index < -0.39 is 0 Å². The molecule has 1 N–H and O–H groups in total. The quantitative estimate of drug-likeness (QED) is 0.881. The molecule has 0 saturated carbocycles. The molecule has 1 unspecified atom stereocenters. The lowest BCUT2D eigenvalue weighted by atomic mass is 10.2. The minimum absolute atomic E-state index is 0.244. The zero-order valence-corrected chi connectivity index (χ0v) is 15.3. The molecule has 4 rings (SSSR count). The van der Waals surface area contributed by atoms with Gasteiger partial charge in [-0.2, -0.15) is 4.98 Å². The van der Waals surface area contributed by atoms with Crippen LogP contribution in [0.25, 0.3) is 0 Å². The van der Waals surface area contributed by atoms with Gasteiger partial charge in [-0.3, -0.25) is 9.88 Å². The van der Waals surface area contributed by atoms with E-state index in [0.29, 0.717) is 6.54 Å². The first-order valence-electron chi connectivity index (χ1n) is 9.33. The molecular weight excluding hydrogens is 328 g/mol. The minimum atomic E-state index is -0.244. The molecule has 7 heteroatoms. The van der Waals surface area contributed by atoms with Crippen molar-refractivity contribution in [2.75, 3.05) is 49.1 Å². The minimum Gasteiger partial charge on any atom is -0.391 e. The molecule has 2 fully saturated rings. The van der Waals surface area contributed by atoms with Crippen LogP contribution in [0.15, 0.2) is 30.6 Å². The normalized spacial score (nSPS) is 21.4. The molecule has 2 aliphatic heterocycles. The highest BCUT2D eigenvalue weighted by Crippen LogP contribution is 2.21. The zero-order chi connectivity index (χ0) is 17.9. The number of pyridine rings is 1. The molecule has 0 aromatic carbocycles. The molecule has 0 radical (unpaired) electrons. The van der Waals surface area contributed by atoms with Crippen molar-refractivity contribution >= 4 is 11.8 Å². The van der Waals surface area contributed by atoms with Crippen molar-refractivity contribution < 1.29 is 5.11 Å². The van der Waals surface area contributed by atoms with Crippen molar-refractivity contribution in [2.24, 2.45) is 0 Å². The molecule has 1 atom stereocenters. The van der Waals surface area contributed by atoms with E-state index in [1.165, 1.54) is 5.56 Å². The third-order valence-corrected chi connectivity index (χ3v) is 5.26. The van der Waals surface area contributed by atoms with E-state index in [-0.39, 0.29) is 6.10 Å². The summed E-state index contributed by atoms with van der Waals surface area (Å²) < 4.78 is 0. The van der Waals surface area contributed by atoms with Gasteiger partial charge < -0.3 is 14.9 Å². The summed E-state index contributed by atoms with van der Waals surface area (Å²) in [5.41, 5.74) is 2.41. The molecule has 2 aromatic heterocycles.